The van der Waals surface area contributed by atoms with Gasteiger partial charge in [-0.05, 0) is 49.0 Å². The van der Waals surface area contributed by atoms with E-state index in [2.05, 4.69) is 21.2 Å². The van der Waals surface area contributed by atoms with Crippen LogP contribution in [0.5, 0.6) is 5.75 Å². The maximum Gasteiger partial charge on any atom is 0.238 e. The topological polar surface area (TPSA) is 41.6 Å². The molecule has 0 radical (unpaired) electrons. The summed E-state index contributed by atoms with van der Waals surface area (Å²) in [6, 6.07) is 11.7. The summed E-state index contributed by atoms with van der Waals surface area (Å²) in [4.78, 5) is 13.9. The van der Waals surface area contributed by atoms with E-state index in [1.165, 1.54) is 12.1 Å². The van der Waals surface area contributed by atoms with Crippen LogP contribution in [0.25, 0.3) is 0 Å². The number of benzene rings is 2. The van der Waals surface area contributed by atoms with E-state index in [4.69, 9.17) is 4.74 Å². The van der Waals surface area contributed by atoms with E-state index in [0.29, 0.717) is 16.7 Å². The number of halogens is 2. The van der Waals surface area contributed by atoms with Gasteiger partial charge in [-0.25, -0.2) is 4.39 Å². The van der Waals surface area contributed by atoms with Crippen LogP contribution in [-0.4, -0.2) is 31.5 Å². The first-order chi connectivity index (χ1) is 11.0. The van der Waals surface area contributed by atoms with Gasteiger partial charge >= 0.3 is 0 Å². The van der Waals surface area contributed by atoms with E-state index in [1.54, 1.807) is 37.4 Å². The summed E-state index contributed by atoms with van der Waals surface area (Å²) in [6.45, 7) is 0.771. The molecule has 0 heterocycles. The maximum absolute atomic E-state index is 13.1. The zero-order valence-corrected chi connectivity index (χ0v) is 14.6. The lowest BCUT2D eigenvalue weighted by molar-refractivity contribution is -0.117. The fourth-order valence-corrected chi connectivity index (χ4v) is 2.59. The molecule has 0 aliphatic carbocycles. The van der Waals surface area contributed by atoms with Crippen LogP contribution in [-0.2, 0) is 11.3 Å². The van der Waals surface area contributed by atoms with Gasteiger partial charge in [0.15, 0.2) is 0 Å². The second kappa shape index (κ2) is 8.08. The molecule has 122 valence electrons. The van der Waals surface area contributed by atoms with E-state index < -0.39 is 0 Å². The van der Waals surface area contributed by atoms with E-state index in [0.717, 1.165) is 11.3 Å². The second-order valence-corrected chi connectivity index (χ2v) is 6.04. The molecule has 0 aromatic heterocycles. The molecule has 1 N–H and O–H groups in total. The summed E-state index contributed by atoms with van der Waals surface area (Å²) in [7, 11) is 3.43. The fourth-order valence-electron chi connectivity index (χ4n) is 2.12. The highest BCUT2D eigenvalue weighted by Gasteiger charge is 2.10. The quantitative estimate of drug-likeness (QED) is 0.831. The van der Waals surface area contributed by atoms with Gasteiger partial charge in [-0.2, -0.15) is 0 Å². The van der Waals surface area contributed by atoms with Gasteiger partial charge in [0.05, 0.1) is 13.7 Å². The number of amides is 1. The van der Waals surface area contributed by atoms with Gasteiger partial charge in [-0.1, -0.05) is 22.0 Å². The molecule has 2 aromatic carbocycles. The predicted molar refractivity (Wildman–Crippen MR) is 92.1 cm³/mol. The maximum atomic E-state index is 13.1. The lowest BCUT2D eigenvalue weighted by atomic mass is 10.2. The summed E-state index contributed by atoms with van der Waals surface area (Å²) in [6.07, 6.45) is 0. The minimum absolute atomic E-state index is 0.115. The Labute approximate surface area is 143 Å². The monoisotopic (exact) mass is 380 g/mol. The third kappa shape index (κ3) is 5.33. The standard InChI is InChI=1S/C17H18BrFN2O2/c1-21(10-12-3-4-13(19)9-16(12)18)11-17(22)20-14-5-7-15(23-2)8-6-14/h3-9H,10-11H2,1-2H3,(H,20,22). The zero-order valence-electron chi connectivity index (χ0n) is 13.0. The van der Waals surface area contributed by atoms with E-state index in [-0.39, 0.29) is 18.3 Å². The van der Waals surface area contributed by atoms with Gasteiger partial charge in [0, 0.05) is 16.7 Å². The summed E-state index contributed by atoms with van der Waals surface area (Å²) in [5, 5.41) is 2.83. The Kier molecular flexibility index (Phi) is 6.12. The van der Waals surface area contributed by atoms with Crippen molar-refractivity contribution < 1.29 is 13.9 Å². The average Bonchev–Trinajstić information content (AvgIpc) is 2.50. The van der Waals surface area contributed by atoms with Gasteiger partial charge in [0.1, 0.15) is 11.6 Å². The Hall–Kier alpha value is -1.92. The number of anilines is 1. The van der Waals surface area contributed by atoms with Crippen LogP contribution in [0.3, 0.4) is 0 Å². The number of hydrogen-bond acceptors (Lipinski definition) is 3. The van der Waals surface area contributed by atoms with Gasteiger partial charge in [0.25, 0.3) is 0 Å². The molecule has 2 aromatic rings. The number of nitrogens with one attached hydrogen (secondary N) is 1. The van der Waals surface area contributed by atoms with Crippen molar-refractivity contribution in [2.75, 3.05) is 26.0 Å². The summed E-state index contributed by atoms with van der Waals surface area (Å²) < 4.78 is 18.8. The molecular formula is C17H18BrFN2O2. The van der Waals surface area contributed by atoms with E-state index in [1.807, 2.05) is 11.9 Å². The number of hydrogen-bond donors (Lipinski definition) is 1. The molecule has 0 saturated carbocycles. The summed E-state index contributed by atoms with van der Waals surface area (Å²) in [5.74, 6) is 0.331. The number of ether oxygens (including phenoxy) is 1. The third-order valence-electron chi connectivity index (χ3n) is 3.24. The van der Waals surface area contributed by atoms with Crippen LogP contribution in [0.4, 0.5) is 10.1 Å². The Balaban J connectivity index is 1.88. The predicted octanol–water partition coefficient (Wildman–Crippen LogP) is 3.67. The SMILES string of the molecule is COc1ccc(NC(=O)CN(C)Cc2ccc(F)cc2Br)cc1. The lowest BCUT2D eigenvalue weighted by Crippen LogP contribution is -2.29. The Morgan fingerprint density at radius 2 is 1.96 bits per heavy atom. The molecule has 0 bridgehead atoms. The number of methoxy groups -OCH3 is 1. The van der Waals surface area contributed by atoms with E-state index >= 15 is 0 Å². The highest BCUT2D eigenvalue weighted by molar-refractivity contribution is 9.10. The summed E-state index contributed by atoms with van der Waals surface area (Å²) >= 11 is 3.33. The Bertz CT molecular complexity index is 677. The molecule has 0 atom stereocenters. The summed E-state index contributed by atoms with van der Waals surface area (Å²) in [5.41, 5.74) is 1.64. The first-order valence-electron chi connectivity index (χ1n) is 7.04. The molecule has 0 unspecified atom stereocenters. The second-order valence-electron chi connectivity index (χ2n) is 5.18. The first kappa shape index (κ1) is 17.4. The minimum Gasteiger partial charge on any atom is -0.497 e. The molecule has 0 aliphatic heterocycles. The number of carbonyl (C=O) groups is 1. The highest BCUT2D eigenvalue weighted by atomic mass is 79.9. The van der Waals surface area contributed by atoms with Crippen molar-refractivity contribution >= 4 is 27.5 Å². The van der Waals surface area contributed by atoms with Gasteiger partial charge < -0.3 is 10.1 Å². The number of nitrogens with zero attached hydrogens (tertiary/aromatic N) is 1. The smallest absolute Gasteiger partial charge is 0.238 e. The molecule has 0 aliphatic rings. The van der Waals surface area contributed by atoms with Crippen molar-refractivity contribution in [2.45, 2.75) is 6.54 Å². The van der Waals surface area contributed by atoms with Crippen LogP contribution in [0.1, 0.15) is 5.56 Å². The van der Waals surface area contributed by atoms with Crippen LogP contribution in [0, 0.1) is 5.82 Å². The van der Waals surface area contributed by atoms with Gasteiger partial charge in [0.2, 0.25) is 5.91 Å². The van der Waals surface area contributed by atoms with Crippen molar-refractivity contribution in [3.05, 3.63) is 58.3 Å². The average molecular weight is 381 g/mol. The van der Waals surface area contributed by atoms with Crippen LogP contribution in [0.2, 0.25) is 0 Å². The molecule has 1 amide bonds. The molecule has 4 nitrogen and oxygen atoms in total. The minimum atomic E-state index is -0.291. The van der Waals surface area contributed by atoms with Gasteiger partial charge in [-0.3, -0.25) is 9.69 Å². The van der Waals surface area contributed by atoms with Crippen LogP contribution < -0.4 is 10.1 Å². The van der Waals surface area contributed by atoms with Crippen LogP contribution >= 0.6 is 15.9 Å². The van der Waals surface area contributed by atoms with Crippen molar-refractivity contribution in [3.8, 4) is 5.75 Å². The largest absolute Gasteiger partial charge is 0.497 e. The molecule has 0 spiro atoms. The van der Waals surface area contributed by atoms with Crippen molar-refractivity contribution in [1.82, 2.24) is 4.90 Å². The van der Waals surface area contributed by atoms with Crippen LogP contribution in [0.15, 0.2) is 46.9 Å². The van der Waals surface area contributed by atoms with E-state index in [9.17, 15) is 9.18 Å². The molecule has 6 heteroatoms. The van der Waals surface area contributed by atoms with Crippen molar-refractivity contribution in [1.29, 1.82) is 0 Å². The highest BCUT2D eigenvalue weighted by Crippen LogP contribution is 2.19. The molecule has 0 saturated heterocycles. The Morgan fingerprint density at radius 1 is 1.26 bits per heavy atom. The molecule has 2 rings (SSSR count). The van der Waals surface area contributed by atoms with Crippen molar-refractivity contribution in [2.24, 2.45) is 0 Å². The normalized spacial score (nSPS) is 10.7. The first-order valence-corrected chi connectivity index (χ1v) is 7.83. The number of likely N-dealkylation sites (N-methyl/N-ethyl adjacent to an activating group) is 1. The molecule has 23 heavy (non-hydrogen) atoms. The van der Waals surface area contributed by atoms with Gasteiger partial charge in [-0.15, -0.1) is 0 Å². The number of rotatable bonds is 6. The number of carbonyl (C=O) groups excluding carboxylic acids is 1. The molecule has 0 fully saturated rings. The third-order valence-corrected chi connectivity index (χ3v) is 3.98. The molecular weight excluding hydrogens is 363 g/mol. The Morgan fingerprint density at radius 3 is 2.57 bits per heavy atom. The zero-order chi connectivity index (χ0) is 16.8. The lowest BCUT2D eigenvalue weighted by Gasteiger charge is -2.17. The fraction of sp³-hybridized carbons (Fsp3) is 0.235. The van der Waals surface area contributed by atoms with Crippen molar-refractivity contribution in [3.63, 3.8) is 0 Å².